The van der Waals surface area contributed by atoms with Crippen LogP contribution in [0.4, 0.5) is 14.5 Å². The van der Waals surface area contributed by atoms with E-state index in [-0.39, 0.29) is 10.6 Å². The number of benzene rings is 1. The first-order valence-electron chi connectivity index (χ1n) is 5.20. The molecule has 1 atom stereocenters. The van der Waals surface area contributed by atoms with Crippen molar-refractivity contribution in [2.24, 2.45) is 5.92 Å². The predicted molar refractivity (Wildman–Crippen MR) is 64.9 cm³/mol. The smallest absolute Gasteiger partial charge is 0.318 e. The largest absolute Gasteiger partial charge is 0.469 e. The highest BCUT2D eigenvalue weighted by Gasteiger charge is 2.24. The molecule has 0 saturated heterocycles. The molecule has 1 aromatic rings. The number of hydrogen-bond donors (Lipinski definition) is 0. The summed E-state index contributed by atoms with van der Waals surface area (Å²) in [5.41, 5.74) is -0.788. The van der Waals surface area contributed by atoms with E-state index in [1.54, 1.807) is 6.92 Å². The van der Waals surface area contributed by atoms with Gasteiger partial charge in [-0.05, 0) is 6.07 Å². The molecule has 0 aromatic heterocycles. The minimum Gasteiger partial charge on any atom is -0.469 e. The number of hydrogen-bond acceptors (Lipinski definition) is 5. The Labute approximate surface area is 112 Å². The van der Waals surface area contributed by atoms with Crippen LogP contribution in [0.25, 0.3) is 0 Å². The van der Waals surface area contributed by atoms with Gasteiger partial charge in [0.1, 0.15) is 5.82 Å². The third kappa shape index (κ3) is 3.88. The molecule has 0 aliphatic rings. The highest BCUT2D eigenvalue weighted by atomic mass is 32.2. The molecule has 0 aliphatic carbocycles. The Morgan fingerprint density at radius 3 is 2.68 bits per heavy atom. The van der Waals surface area contributed by atoms with Crippen molar-refractivity contribution in [2.75, 3.05) is 12.9 Å². The fourth-order valence-electron chi connectivity index (χ4n) is 1.31. The lowest BCUT2D eigenvalue weighted by molar-refractivity contribution is -0.390. The lowest BCUT2D eigenvalue weighted by atomic mass is 10.2. The van der Waals surface area contributed by atoms with Crippen LogP contribution in [0.15, 0.2) is 17.0 Å². The number of carbonyl (C=O) groups excluding carboxylic acids is 1. The molecular weight excluding hydrogens is 280 g/mol. The molecule has 0 fully saturated rings. The van der Waals surface area contributed by atoms with Gasteiger partial charge in [0, 0.05) is 11.8 Å². The Bertz CT molecular complexity index is 510. The molecule has 0 heterocycles. The minimum atomic E-state index is -1.24. The first-order valence-corrected chi connectivity index (χ1v) is 6.19. The molecule has 0 radical (unpaired) electrons. The fourth-order valence-corrected chi connectivity index (χ4v) is 2.38. The number of nitrogens with zero attached hydrogens (tertiary/aromatic N) is 1. The van der Waals surface area contributed by atoms with E-state index in [4.69, 9.17) is 0 Å². The third-order valence-electron chi connectivity index (χ3n) is 2.27. The van der Waals surface area contributed by atoms with Gasteiger partial charge in [-0.3, -0.25) is 14.9 Å². The monoisotopic (exact) mass is 291 g/mol. The van der Waals surface area contributed by atoms with Gasteiger partial charge in [0.25, 0.3) is 0 Å². The van der Waals surface area contributed by atoms with Gasteiger partial charge in [-0.2, -0.15) is 4.39 Å². The van der Waals surface area contributed by atoms with Gasteiger partial charge in [-0.15, -0.1) is 11.8 Å². The number of nitro benzene ring substituents is 1. The van der Waals surface area contributed by atoms with Crippen LogP contribution in [-0.4, -0.2) is 23.8 Å². The van der Waals surface area contributed by atoms with E-state index in [1.165, 1.54) is 7.11 Å². The van der Waals surface area contributed by atoms with E-state index in [1.807, 2.05) is 0 Å². The van der Waals surface area contributed by atoms with E-state index in [0.717, 1.165) is 17.8 Å². The van der Waals surface area contributed by atoms with Crippen LogP contribution in [0.1, 0.15) is 6.92 Å². The molecule has 0 aliphatic heterocycles. The Balaban J connectivity index is 2.94. The SMILES string of the molecule is COC(=O)C(C)CSc1cc(F)cc(F)c1[N+](=O)[O-]. The molecule has 1 aromatic carbocycles. The van der Waals surface area contributed by atoms with Gasteiger partial charge in [0.2, 0.25) is 5.82 Å². The average Bonchev–Trinajstić information content (AvgIpc) is 2.33. The van der Waals surface area contributed by atoms with Crippen molar-refractivity contribution >= 4 is 23.4 Å². The molecule has 0 N–H and O–H groups in total. The molecule has 8 heteroatoms. The van der Waals surface area contributed by atoms with Gasteiger partial charge < -0.3 is 4.74 Å². The van der Waals surface area contributed by atoms with Crippen molar-refractivity contribution in [3.63, 3.8) is 0 Å². The maximum atomic E-state index is 13.3. The molecule has 104 valence electrons. The van der Waals surface area contributed by atoms with Gasteiger partial charge in [-0.1, -0.05) is 6.92 Å². The number of methoxy groups -OCH3 is 1. The maximum Gasteiger partial charge on any atom is 0.318 e. The van der Waals surface area contributed by atoms with Crippen molar-refractivity contribution in [3.8, 4) is 0 Å². The zero-order valence-corrected chi connectivity index (χ0v) is 11.0. The molecule has 1 rings (SSSR count). The number of esters is 1. The Hall–Kier alpha value is -1.70. The van der Waals surface area contributed by atoms with Crippen LogP contribution in [0.5, 0.6) is 0 Å². The summed E-state index contributed by atoms with van der Waals surface area (Å²) in [6, 6.07) is 1.32. The van der Waals surface area contributed by atoms with E-state index >= 15 is 0 Å². The van der Waals surface area contributed by atoms with Crippen LogP contribution in [0, 0.1) is 27.7 Å². The molecular formula is C11H11F2NO4S. The summed E-state index contributed by atoms with van der Waals surface area (Å²) in [5, 5.41) is 10.7. The summed E-state index contributed by atoms with van der Waals surface area (Å²) in [5.74, 6) is -3.06. The van der Waals surface area contributed by atoms with Gasteiger partial charge in [-0.25, -0.2) is 4.39 Å². The zero-order valence-electron chi connectivity index (χ0n) is 10.2. The molecule has 1 unspecified atom stereocenters. The number of rotatable bonds is 5. The summed E-state index contributed by atoms with van der Waals surface area (Å²) < 4.78 is 30.9. The normalized spacial score (nSPS) is 12.0. The number of carbonyl (C=O) groups is 1. The van der Waals surface area contributed by atoms with Crippen molar-refractivity contribution in [3.05, 3.63) is 33.9 Å². The molecule has 0 saturated carbocycles. The molecule has 0 amide bonds. The fraction of sp³-hybridized carbons (Fsp3) is 0.364. The predicted octanol–water partition coefficient (Wildman–Crippen LogP) is 2.77. The first kappa shape index (κ1) is 15.4. The second-order valence-electron chi connectivity index (χ2n) is 3.73. The standard InChI is InChI=1S/C11H11F2NO4S/c1-6(11(15)18-2)5-19-9-4-7(12)3-8(13)10(9)14(16)17/h3-4,6H,5H2,1-2H3. The minimum absolute atomic E-state index is 0.121. The number of thioether (sulfide) groups is 1. The highest BCUT2D eigenvalue weighted by molar-refractivity contribution is 7.99. The topological polar surface area (TPSA) is 69.4 Å². The molecule has 5 nitrogen and oxygen atoms in total. The second-order valence-corrected chi connectivity index (χ2v) is 4.79. The number of nitro groups is 1. The van der Waals surface area contributed by atoms with Crippen molar-refractivity contribution < 1.29 is 23.2 Å². The van der Waals surface area contributed by atoms with Crippen molar-refractivity contribution in [1.29, 1.82) is 0 Å². The van der Waals surface area contributed by atoms with Gasteiger partial charge >= 0.3 is 11.7 Å². The second kappa shape index (κ2) is 6.46. The van der Waals surface area contributed by atoms with Crippen molar-refractivity contribution in [1.82, 2.24) is 0 Å². The number of ether oxygens (including phenoxy) is 1. The summed E-state index contributed by atoms with van der Waals surface area (Å²) >= 11 is 0.833. The highest BCUT2D eigenvalue weighted by Crippen LogP contribution is 2.33. The summed E-state index contributed by atoms with van der Waals surface area (Å²) in [6.45, 7) is 1.56. The van der Waals surface area contributed by atoms with Crippen molar-refractivity contribution in [2.45, 2.75) is 11.8 Å². The first-order chi connectivity index (χ1) is 8.86. The van der Waals surface area contributed by atoms with E-state index in [2.05, 4.69) is 4.74 Å². The Morgan fingerprint density at radius 1 is 1.53 bits per heavy atom. The van der Waals surface area contributed by atoms with Crippen LogP contribution in [-0.2, 0) is 9.53 Å². The lowest BCUT2D eigenvalue weighted by Gasteiger charge is -2.09. The maximum absolute atomic E-state index is 13.3. The van der Waals surface area contributed by atoms with E-state index < -0.39 is 34.1 Å². The molecule has 0 bridgehead atoms. The zero-order chi connectivity index (χ0) is 14.6. The summed E-state index contributed by atoms with van der Waals surface area (Å²) in [6.07, 6.45) is 0. The van der Waals surface area contributed by atoms with Crippen LogP contribution < -0.4 is 0 Å². The molecule has 19 heavy (non-hydrogen) atoms. The summed E-state index contributed by atoms with van der Waals surface area (Å²) in [7, 11) is 1.22. The quantitative estimate of drug-likeness (QED) is 0.361. The van der Waals surface area contributed by atoms with E-state index in [0.29, 0.717) is 6.07 Å². The van der Waals surface area contributed by atoms with Crippen LogP contribution in [0.3, 0.4) is 0 Å². The number of halogens is 2. The Kier molecular flexibility index (Phi) is 5.22. The third-order valence-corrected chi connectivity index (χ3v) is 3.56. The lowest BCUT2D eigenvalue weighted by Crippen LogP contribution is -2.14. The average molecular weight is 291 g/mol. The summed E-state index contributed by atoms with van der Waals surface area (Å²) in [4.78, 5) is 20.8. The molecule has 0 spiro atoms. The van der Waals surface area contributed by atoms with Crippen LogP contribution >= 0.6 is 11.8 Å². The van der Waals surface area contributed by atoms with Crippen LogP contribution in [0.2, 0.25) is 0 Å². The van der Waals surface area contributed by atoms with Gasteiger partial charge in [0.05, 0.1) is 22.8 Å². The Morgan fingerprint density at radius 2 is 2.16 bits per heavy atom. The van der Waals surface area contributed by atoms with Gasteiger partial charge in [0.15, 0.2) is 0 Å². The van der Waals surface area contributed by atoms with E-state index in [9.17, 15) is 23.7 Å².